The molecule has 0 amide bonds. The number of nitrogens with zero attached hydrogens (tertiary/aromatic N) is 4. The highest BCUT2D eigenvalue weighted by Crippen LogP contribution is 2.25. The first-order valence-corrected chi connectivity index (χ1v) is 17.0. The Kier molecular flexibility index (Phi) is 26.7. The molecule has 2 heterocycles. The fraction of sp³-hybridized carbons (Fsp3) is 0.704. The van der Waals surface area contributed by atoms with Crippen molar-refractivity contribution in [1.82, 2.24) is 19.9 Å². The fourth-order valence-corrected chi connectivity index (χ4v) is 4.99. The Balaban J connectivity index is -0.000000698. The Morgan fingerprint density at radius 2 is 1.26 bits per heavy atom. The fourth-order valence-electron chi connectivity index (χ4n) is 3.76. The van der Waals surface area contributed by atoms with E-state index in [-0.39, 0.29) is 58.1 Å². The van der Waals surface area contributed by atoms with Crippen molar-refractivity contribution >= 4 is 72.1 Å². The molecule has 0 aliphatic rings. The number of nitrogens with one attached hydrogen (secondary N) is 2. The molecule has 0 radical (unpaired) electrons. The Hall–Kier alpha value is -2.04. The second-order valence-corrected chi connectivity index (χ2v) is 12.7. The molecule has 0 aliphatic carbocycles. The molecule has 0 saturated carbocycles. The summed E-state index contributed by atoms with van der Waals surface area (Å²) in [5, 5.41) is 6.67. The lowest BCUT2D eigenvalue weighted by Gasteiger charge is -2.20. The molecule has 2 rings (SSSR count). The highest BCUT2D eigenvalue weighted by atomic mass is 32.2. The minimum atomic E-state index is -2.99. The maximum atomic E-state index is 11.3. The molecular formula is C27H56N8O4S4. The van der Waals surface area contributed by atoms with Crippen LogP contribution in [0.2, 0.25) is 0 Å². The molecule has 0 fully saturated rings. The zero-order chi connectivity index (χ0) is 30.0. The average Bonchev–Trinajstić information content (AvgIpc) is 2.91. The van der Waals surface area contributed by atoms with Crippen LogP contribution in [0.15, 0.2) is 12.4 Å². The highest BCUT2D eigenvalue weighted by molar-refractivity contribution is 7.98. The second kappa shape index (κ2) is 25.3. The van der Waals surface area contributed by atoms with Gasteiger partial charge in [0.25, 0.3) is 0 Å². The van der Waals surface area contributed by atoms with Crippen LogP contribution in [0.3, 0.4) is 0 Å². The van der Waals surface area contributed by atoms with E-state index in [2.05, 4.69) is 50.7 Å². The second-order valence-electron chi connectivity index (χ2n) is 9.46. The summed E-state index contributed by atoms with van der Waals surface area (Å²) in [6.45, 7) is 4.30. The minimum Gasteiger partial charge on any atom is -0.491 e. The zero-order valence-corrected chi connectivity index (χ0v) is 29.4. The first kappa shape index (κ1) is 45.4. The summed E-state index contributed by atoms with van der Waals surface area (Å²) in [6, 6.07) is 0.401. The number of anilines is 4. The largest absolute Gasteiger partial charge is 0.491 e. The van der Waals surface area contributed by atoms with E-state index >= 15 is 0 Å². The molecule has 0 bridgehead atoms. The lowest BCUT2D eigenvalue weighted by molar-refractivity contribution is 0.411. The predicted molar refractivity (Wildman–Crippen MR) is 195 cm³/mol. The van der Waals surface area contributed by atoms with Gasteiger partial charge in [-0.3, -0.25) is 0 Å². The van der Waals surface area contributed by atoms with Gasteiger partial charge in [0.2, 0.25) is 11.9 Å². The third kappa shape index (κ3) is 19.8. The summed E-state index contributed by atoms with van der Waals surface area (Å²) >= 11 is 1.86. The van der Waals surface area contributed by atoms with Crippen molar-refractivity contribution < 1.29 is 17.9 Å². The van der Waals surface area contributed by atoms with Crippen molar-refractivity contribution in [3.05, 3.63) is 12.4 Å². The summed E-state index contributed by atoms with van der Waals surface area (Å²) in [5.41, 5.74) is 11.2. The number of ether oxygens (including phenoxy) is 2. The van der Waals surface area contributed by atoms with Crippen molar-refractivity contribution in [3.8, 4) is 11.5 Å². The number of hydrogen-bond acceptors (Lipinski definition) is 13. The van der Waals surface area contributed by atoms with Crippen molar-refractivity contribution in [2.75, 3.05) is 60.3 Å². The third-order valence-electron chi connectivity index (χ3n) is 5.99. The van der Waals surface area contributed by atoms with E-state index in [1.54, 1.807) is 13.3 Å². The minimum absolute atomic E-state index is 0. The quantitative estimate of drug-likeness (QED) is 0.163. The monoisotopic (exact) mass is 684 g/mol. The molecule has 2 aromatic rings. The van der Waals surface area contributed by atoms with Crippen LogP contribution in [-0.2, 0) is 9.84 Å². The van der Waals surface area contributed by atoms with Crippen LogP contribution in [0.5, 0.6) is 11.5 Å². The van der Waals surface area contributed by atoms with Gasteiger partial charge in [-0.15, -0.1) is 0 Å². The molecule has 43 heavy (non-hydrogen) atoms. The summed E-state index contributed by atoms with van der Waals surface area (Å²) in [4.78, 5) is 16.2. The van der Waals surface area contributed by atoms with Gasteiger partial charge < -0.3 is 31.6 Å². The molecule has 2 aromatic heterocycles. The number of unbranched alkanes of at least 4 members (excludes halogenated alkanes) is 2. The number of hydrogen-bond donors (Lipinski definition) is 4. The first-order valence-electron chi connectivity index (χ1n) is 13.6. The molecule has 0 unspecified atom stereocenters. The molecule has 12 nitrogen and oxygen atoms in total. The van der Waals surface area contributed by atoms with Gasteiger partial charge in [-0.2, -0.15) is 48.7 Å². The summed E-state index contributed by atoms with van der Waals surface area (Å²) in [5.74, 6) is 4.00. The third-order valence-corrected chi connectivity index (χ3v) is 7.61. The van der Waals surface area contributed by atoms with Gasteiger partial charge in [0.15, 0.2) is 23.1 Å². The van der Waals surface area contributed by atoms with Crippen LogP contribution < -0.4 is 31.6 Å². The van der Waals surface area contributed by atoms with Crippen molar-refractivity contribution in [2.24, 2.45) is 0 Å². The molecular weight excluding hydrogens is 629 g/mol. The van der Waals surface area contributed by atoms with Gasteiger partial charge in [0.1, 0.15) is 9.84 Å². The van der Waals surface area contributed by atoms with Crippen LogP contribution in [0.4, 0.5) is 23.5 Å². The van der Waals surface area contributed by atoms with E-state index in [1.807, 2.05) is 11.8 Å². The SMILES string of the molecule is C.CCCC[C@@H](CCS(C)(=O)=O)Nc1nc(N)ncc1OC.CCCC[C@@H](CCSC)Nc1nc(N)ncc1OC.S.S. The summed E-state index contributed by atoms with van der Waals surface area (Å²) in [7, 11) is 0.150. The number of nitrogen functional groups attached to an aromatic ring is 2. The standard InChI is InChI=1S/C13H24N4O3S.C13H24N4OS.CH4.2H2S/c1-4-5-6-10(7-8-21(3,18)19)16-12-11(20-2)9-15-13(14)17-12;1-4-5-6-10(7-8-19-3)16-12-11(18-2)9-15-13(14)17-12;;;/h9-10H,4-8H2,1-3H3,(H3,14,15,16,17);9-10H,4-8H2,1-3H3,(H3,14,15,16,17);1H4;2*1H2/t2*10-;;;/m00.../s1. The van der Waals surface area contributed by atoms with E-state index in [0.29, 0.717) is 35.6 Å². The lowest BCUT2D eigenvalue weighted by Crippen LogP contribution is -2.24. The smallest absolute Gasteiger partial charge is 0.222 e. The molecule has 16 heteroatoms. The Morgan fingerprint density at radius 1 is 0.837 bits per heavy atom. The van der Waals surface area contributed by atoms with Gasteiger partial charge in [-0.25, -0.2) is 18.4 Å². The molecule has 252 valence electrons. The number of thioether (sulfide) groups is 1. The zero-order valence-electron chi connectivity index (χ0n) is 25.8. The van der Waals surface area contributed by atoms with E-state index in [1.165, 1.54) is 32.4 Å². The predicted octanol–water partition coefficient (Wildman–Crippen LogP) is 5.13. The van der Waals surface area contributed by atoms with E-state index in [4.69, 9.17) is 20.9 Å². The maximum absolute atomic E-state index is 11.3. The average molecular weight is 685 g/mol. The molecule has 0 saturated heterocycles. The Morgan fingerprint density at radius 3 is 1.60 bits per heavy atom. The van der Waals surface area contributed by atoms with Gasteiger partial charge in [0.05, 0.1) is 32.4 Å². The Bertz CT molecular complexity index is 1090. The Labute approximate surface area is 277 Å². The normalized spacial score (nSPS) is 11.7. The molecule has 6 N–H and O–H groups in total. The number of sulfone groups is 1. The van der Waals surface area contributed by atoms with Crippen LogP contribution >= 0.6 is 38.8 Å². The number of methoxy groups -OCH3 is 2. The van der Waals surface area contributed by atoms with Crippen LogP contribution in [0.1, 0.15) is 72.6 Å². The maximum Gasteiger partial charge on any atom is 0.222 e. The van der Waals surface area contributed by atoms with E-state index < -0.39 is 9.84 Å². The van der Waals surface area contributed by atoms with Crippen LogP contribution in [0.25, 0.3) is 0 Å². The molecule has 2 atom stereocenters. The molecule has 0 spiro atoms. The van der Waals surface area contributed by atoms with Crippen molar-refractivity contribution in [1.29, 1.82) is 0 Å². The van der Waals surface area contributed by atoms with Crippen LogP contribution in [-0.4, -0.2) is 78.7 Å². The number of rotatable bonds is 18. The summed E-state index contributed by atoms with van der Waals surface area (Å²) in [6.07, 6.45) is 14.5. The highest BCUT2D eigenvalue weighted by Gasteiger charge is 2.16. The topological polar surface area (TPSA) is 180 Å². The van der Waals surface area contributed by atoms with Crippen molar-refractivity contribution in [3.63, 3.8) is 0 Å². The first-order chi connectivity index (χ1) is 19.1. The van der Waals surface area contributed by atoms with Crippen LogP contribution in [0, 0.1) is 0 Å². The summed E-state index contributed by atoms with van der Waals surface area (Å²) < 4.78 is 33.1. The van der Waals surface area contributed by atoms with Gasteiger partial charge in [-0.1, -0.05) is 47.0 Å². The van der Waals surface area contributed by atoms with Gasteiger partial charge in [-0.05, 0) is 37.7 Å². The number of nitrogens with two attached hydrogens (primary N) is 2. The van der Waals surface area contributed by atoms with E-state index in [9.17, 15) is 8.42 Å². The molecule has 0 aliphatic heterocycles. The van der Waals surface area contributed by atoms with Gasteiger partial charge >= 0.3 is 0 Å². The van der Waals surface area contributed by atoms with Crippen molar-refractivity contribution in [2.45, 2.75) is 84.7 Å². The van der Waals surface area contributed by atoms with Gasteiger partial charge in [0, 0.05) is 18.3 Å². The molecule has 0 aromatic carbocycles. The van der Waals surface area contributed by atoms with E-state index in [0.717, 1.165) is 37.9 Å². The number of aromatic nitrogens is 4. The lowest BCUT2D eigenvalue weighted by atomic mass is 10.1.